The predicted molar refractivity (Wildman–Crippen MR) is 135 cm³/mol. The van der Waals surface area contributed by atoms with E-state index in [2.05, 4.69) is 37.5 Å². The number of fused-ring (bicyclic) bond motifs is 2. The Bertz CT molecular complexity index is 1540. The number of rotatable bonds is 9. The van der Waals surface area contributed by atoms with Gasteiger partial charge in [0.05, 0.1) is 24.9 Å². The van der Waals surface area contributed by atoms with Crippen molar-refractivity contribution >= 4 is 10.9 Å². The zero-order chi connectivity index (χ0) is 25.0. The molecule has 2 aromatic carbocycles. The molecule has 0 saturated carbocycles. The number of hydrogen-bond donors (Lipinski definition) is 1. The van der Waals surface area contributed by atoms with E-state index in [9.17, 15) is 4.79 Å². The van der Waals surface area contributed by atoms with E-state index >= 15 is 0 Å². The molecule has 0 bridgehead atoms. The maximum atomic E-state index is 13.0. The van der Waals surface area contributed by atoms with Crippen molar-refractivity contribution in [2.45, 2.75) is 32.6 Å². The molecule has 0 unspecified atom stereocenters. The van der Waals surface area contributed by atoms with E-state index in [1.165, 1.54) is 5.56 Å². The first-order chi connectivity index (χ1) is 18.2. The normalized spacial score (nSPS) is 12.9. The van der Waals surface area contributed by atoms with E-state index in [0.717, 1.165) is 23.4 Å². The summed E-state index contributed by atoms with van der Waals surface area (Å²) in [6.07, 6.45) is 2.46. The SMILES string of the molecule is O=c1[nH]c2cc3c(cc2cc1CN(Cc1ccco1)Cc1nnnn1CCc1ccccc1)OCCO3. The van der Waals surface area contributed by atoms with Crippen LogP contribution in [0.1, 0.15) is 22.7 Å². The lowest BCUT2D eigenvalue weighted by Gasteiger charge is -2.21. The van der Waals surface area contributed by atoms with Crippen LogP contribution in [0.2, 0.25) is 0 Å². The minimum atomic E-state index is -0.155. The van der Waals surface area contributed by atoms with Crippen molar-refractivity contribution in [2.24, 2.45) is 0 Å². The molecule has 10 heteroatoms. The molecule has 37 heavy (non-hydrogen) atoms. The van der Waals surface area contributed by atoms with E-state index in [1.807, 2.05) is 53.2 Å². The van der Waals surface area contributed by atoms with Crippen LogP contribution >= 0.6 is 0 Å². The topological polar surface area (TPSA) is 111 Å². The van der Waals surface area contributed by atoms with Gasteiger partial charge in [0, 0.05) is 30.1 Å². The Hall–Kier alpha value is -4.44. The second-order valence-corrected chi connectivity index (χ2v) is 8.99. The van der Waals surface area contributed by atoms with Gasteiger partial charge >= 0.3 is 0 Å². The number of tetrazole rings is 1. The second-order valence-electron chi connectivity index (χ2n) is 8.99. The molecule has 1 N–H and O–H groups in total. The summed E-state index contributed by atoms with van der Waals surface area (Å²) in [7, 11) is 0. The smallest absolute Gasteiger partial charge is 0.252 e. The zero-order valence-corrected chi connectivity index (χ0v) is 20.2. The van der Waals surface area contributed by atoms with Crippen LogP contribution in [0, 0.1) is 0 Å². The molecule has 0 amide bonds. The number of H-pyrrole nitrogens is 1. The summed E-state index contributed by atoms with van der Waals surface area (Å²) in [5.41, 5.74) is 2.40. The van der Waals surface area contributed by atoms with Gasteiger partial charge in [-0.3, -0.25) is 9.69 Å². The fourth-order valence-electron chi connectivity index (χ4n) is 4.53. The summed E-state index contributed by atoms with van der Waals surface area (Å²) < 4.78 is 18.8. The number of nitrogens with one attached hydrogen (secondary N) is 1. The maximum Gasteiger partial charge on any atom is 0.252 e. The standard InChI is InChI=1S/C27H26N6O4/c34-27-21(13-20-14-24-25(15-23(20)28-27)37-12-11-36-24)16-32(17-22-7-4-10-35-22)18-26-29-30-31-33(26)9-8-19-5-2-1-3-6-19/h1-7,10,13-15H,8-9,11-12,16-18H2,(H,28,34). The Balaban J connectivity index is 1.25. The van der Waals surface area contributed by atoms with Gasteiger partial charge in [0.1, 0.15) is 19.0 Å². The van der Waals surface area contributed by atoms with Crippen molar-refractivity contribution in [1.82, 2.24) is 30.1 Å². The van der Waals surface area contributed by atoms with Crippen LogP contribution in [-0.4, -0.2) is 43.3 Å². The van der Waals surface area contributed by atoms with Crippen molar-refractivity contribution in [2.75, 3.05) is 13.2 Å². The van der Waals surface area contributed by atoms with Gasteiger partial charge in [-0.2, -0.15) is 0 Å². The summed E-state index contributed by atoms with van der Waals surface area (Å²) in [4.78, 5) is 18.1. The highest BCUT2D eigenvalue weighted by Crippen LogP contribution is 2.33. The molecule has 0 saturated heterocycles. The number of ether oxygens (including phenoxy) is 2. The Labute approximate surface area is 212 Å². The Morgan fingerprint density at radius 1 is 0.946 bits per heavy atom. The van der Waals surface area contributed by atoms with E-state index in [4.69, 9.17) is 13.9 Å². The molecular weight excluding hydrogens is 472 g/mol. The van der Waals surface area contributed by atoms with Gasteiger partial charge < -0.3 is 18.9 Å². The Kier molecular flexibility index (Phi) is 6.38. The van der Waals surface area contributed by atoms with Crippen LogP contribution in [-0.2, 0) is 32.6 Å². The summed E-state index contributed by atoms with van der Waals surface area (Å²) in [5.74, 6) is 2.84. The number of aryl methyl sites for hydroxylation is 2. The summed E-state index contributed by atoms with van der Waals surface area (Å²) in [5, 5.41) is 13.3. The molecule has 4 heterocycles. The highest BCUT2D eigenvalue weighted by Gasteiger charge is 2.18. The zero-order valence-electron chi connectivity index (χ0n) is 20.2. The molecule has 0 radical (unpaired) electrons. The predicted octanol–water partition coefficient (Wildman–Crippen LogP) is 3.32. The largest absolute Gasteiger partial charge is 0.486 e. The number of benzene rings is 2. The summed E-state index contributed by atoms with van der Waals surface area (Å²) in [6.45, 7) is 2.98. The molecule has 0 atom stereocenters. The molecule has 0 spiro atoms. The van der Waals surface area contributed by atoms with Crippen molar-refractivity contribution in [3.63, 3.8) is 0 Å². The lowest BCUT2D eigenvalue weighted by Crippen LogP contribution is -2.28. The first-order valence-corrected chi connectivity index (χ1v) is 12.2. The minimum Gasteiger partial charge on any atom is -0.486 e. The van der Waals surface area contributed by atoms with Gasteiger partial charge in [-0.05, 0) is 46.7 Å². The Morgan fingerprint density at radius 2 is 1.78 bits per heavy atom. The van der Waals surface area contributed by atoms with Crippen molar-refractivity contribution in [3.8, 4) is 11.5 Å². The van der Waals surface area contributed by atoms with Crippen molar-refractivity contribution in [3.05, 3.63) is 100.0 Å². The molecule has 0 aliphatic carbocycles. The molecule has 188 valence electrons. The molecule has 0 fully saturated rings. The third-order valence-electron chi connectivity index (χ3n) is 6.36. The minimum absolute atomic E-state index is 0.155. The third kappa shape index (κ3) is 5.24. The maximum absolute atomic E-state index is 13.0. The van der Waals surface area contributed by atoms with E-state index < -0.39 is 0 Å². The number of furan rings is 1. The molecule has 10 nitrogen and oxygen atoms in total. The van der Waals surface area contributed by atoms with Crippen LogP contribution in [0.3, 0.4) is 0 Å². The highest BCUT2D eigenvalue weighted by molar-refractivity contribution is 5.83. The molecular formula is C27H26N6O4. The monoisotopic (exact) mass is 498 g/mol. The molecule has 5 aromatic rings. The second kappa shape index (κ2) is 10.3. The molecule has 6 rings (SSSR count). The van der Waals surface area contributed by atoms with Crippen LogP contribution < -0.4 is 15.0 Å². The first-order valence-electron chi connectivity index (χ1n) is 12.2. The van der Waals surface area contributed by atoms with Gasteiger partial charge in [0.25, 0.3) is 5.56 Å². The number of aromatic nitrogens is 5. The fraction of sp³-hybridized carbons (Fsp3) is 0.259. The third-order valence-corrected chi connectivity index (χ3v) is 6.36. The highest BCUT2D eigenvalue weighted by atomic mass is 16.6. The lowest BCUT2D eigenvalue weighted by molar-refractivity contribution is 0.172. The summed E-state index contributed by atoms with van der Waals surface area (Å²) >= 11 is 0. The van der Waals surface area contributed by atoms with Gasteiger partial charge in [0.2, 0.25) is 0 Å². The van der Waals surface area contributed by atoms with E-state index in [-0.39, 0.29) is 5.56 Å². The number of pyridine rings is 1. The van der Waals surface area contributed by atoms with Crippen molar-refractivity contribution in [1.29, 1.82) is 0 Å². The quantitative estimate of drug-likeness (QED) is 0.330. The van der Waals surface area contributed by atoms with Crippen LogP contribution in [0.4, 0.5) is 0 Å². The van der Waals surface area contributed by atoms with Gasteiger partial charge in [-0.15, -0.1) is 5.10 Å². The first kappa shape index (κ1) is 23.0. The van der Waals surface area contributed by atoms with Crippen LogP contribution in [0.15, 0.2) is 76.1 Å². The average Bonchev–Trinajstić information content (AvgIpc) is 3.59. The van der Waals surface area contributed by atoms with E-state index in [0.29, 0.717) is 62.0 Å². The fourth-order valence-corrected chi connectivity index (χ4v) is 4.53. The number of hydrogen-bond acceptors (Lipinski definition) is 8. The number of aromatic amines is 1. The van der Waals surface area contributed by atoms with E-state index in [1.54, 1.807) is 6.26 Å². The Morgan fingerprint density at radius 3 is 2.59 bits per heavy atom. The average molecular weight is 499 g/mol. The molecule has 3 aromatic heterocycles. The molecule has 1 aliphatic heterocycles. The van der Waals surface area contributed by atoms with Crippen LogP contribution in [0.25, 0.3) is 10.9 Å². The van der Waals surface area contributed by atoms with Crippen LogP contribution in [0.5, 0.6) is 11.5 Å². The number of nitrogens with zero attached hydrogens (tertiary/aromatic N) is 5. The van der Waals surface area contributed by atoms with Crippen molar-refractivity contribution < 1.29 is 13.9 Å². The summed E-state index contributed by atoms with van der Waals surface area (Å²) in [6, 6.07) is 19.6. The lowest BCUT2D eigenvalue weighted by atomic mass is 10.1. The van der Waals surface area contributed by atoms with Gasteiger partial charge in [-0.1, -0.05) is 30.3 Å². The van der Waals surface area contributed by atoms with Gasteiger partial charge in [0.15, 0.2) is 17.3 Å². The molecule has 1 aliphatic rings. The van der Waals surface area contributed by atoms with Gasteiger partial charge in [-0.25, -0.2) is 4.68 Å².